The van der Waals surface area contributed by atoms with Gasteiger partial charge in [0, 0.05) is 65.0 Å². The molecule has 7 nitrogen and oxygen atoms in total. The van der Waals surface area contributed by atoms with E-state index in [1.807, 2.05) is 23.1 Å². The van der Waals surface area contributed by atoms with E-state index in [1.54, 1.807) is 30.6 Å². The van der Waals surface area contributed by atoms with Crippen LogP contribution in [-0.2, 0) is 14.4 Å². The molecule has 1 aromatic carbocycles. The van der Waals surface area contributed by atoms with Crippen molar-refractivity contribution in [3.05, 3.63) is 30.3 Å². The Bertz CT molecular complexity index is 718. The van der Waals surface area contributed by atoms with Crippen molar-refractivity contribution in [1.82, 2.24) is 14.7 Å². The van der Waals surface area contributed by atoms with Gasteiger partial charge in [0.05, 0.1) is 0 Å². The third kappa shape index (κ3) is 4.13. The molecule has 152 valence electrons. The van der Waals surface area contributed by atoms with Crippen molar-refractivity contribution in [1.29, 1.82) is 0 Å². The van der Waals surface area contributed by atoms with Crippen LogP contribution in [0.3, 0.4) is 0 Å². The first-order valence-corrected chi connectivity index (χ1v) is 9.95. The molecule has 7 heteroatoms. The van der Waals surface area contributed by atoms with Gasteiger partial charge in [-0.05, 0) is 26.0 Å². The average Bonchev–Trinajstić information content (AvgIpc) is 2.73. The van der Waals surface area contributed by atoms with Gasteiger partial charge in [-0.2, -0.15) is 0 Å². The summed E-state index contributed by atoms with van der Waals surface area (Å²) in [6.07, 6.45) is 0. The second-order valence-electron chi connectivity index (χ2n) is 8.04. The topological polar surface area (TPSA) is 64.2 Å². The maximum atomic E-state index is 13.1. The van der Waals surface area contributed by atoms with Crippen LogP contribution in [0.2, 0.25) is 0 Å². The summed E-state index contributed by atoms with van der Waals surface area (Å²) in [5.74, 6) is -0.232. The van der Waals surface area contributed by atoms with Crippen LogP contribution in [0.4, 0.5) is 5.69 Å². The Balaban J connectivity index is 1.57. The van der Waals surface area contributed by atoms with Gasteiger partial charge in [-0.25, -0.2) is 0 Å². The molecular formula is C21H30N4O3. The van der Waals surface area contributed by atoms with Crippen molar-refractivity contribution in [2.75, 3.05) is 57.3 Å². The lowest BCUT2D eigenvalue weighted by Crippen LogP contribution is -2.58. The normalized spacial score (nSPS) is 18.2. The Kier molecular flexibility index (Phi) is 5.91. The van der Waals surface area contributed by atoms with E-state index in [-0.39, 0.29) is 17.7 Å². The van der Waals surface area contributed by atoms with Gasteiger partial charge in [0.25, 0.3) is 0 Å². The zero-order valence-corrected chi connectivity index (χ0v) is 17.1. The summed E-state index contributed by atoms with van der Waals surface area (Å²) in [4.78, 5) is 45.1. The molecule has 0 N–H and O–H groups in total. The van der Waals surface area contributed by atoms with Gasteiger partial charge in [0.15, 0.2) is 0 Å². The monoisotopic (exact) mass is 386 g/mol. The molecule has 2 saturated heterocycles. The minimum absolute atomic E-state index is 0.0266. The van der Waals surface area contributed by atoms with E-state index in [4.69, 9.17) is 0 Å². The highest BCUT2D eigenvalue weighted by molar-refractivity contribution is 6.04. The maximum absolute atomic E-state index is 13.1. The molecular weight excluding hydrogens is 356 g/mol. The quantitative estimate of drug-likeness (QED) is 0.729. The summed E-state index contributed by atoms with van der Waals surface area (Å²) in [7, 11) is 0. The number of benzene rings is 1. The number of anilines is 1. The van der Waals surface area contributed by atoms with E-state index in [9.17, 15) is 14.4 Å². The van der Waals surface area contributed by atoms with Crippen molar-refractivity contribution in [3.63, 3.8) is 0 Å². The number of amides is 3. The fraction of sp³-hybridized carbons (Fsp3) is 0.571. The molecule has 0 radical (unpaired) electrons. The second-order valence-corrected chi connectivity index (χ2v) is 8.04. The van der Waals surface area contributed by atoms with Gasteiger partial charge in [0.2, 0.25) is 17.7 Å². The molecule has 0 spiro atoms. The molecule has 1 aromatic rings. The summed E-state index contributed by atoms with van der Waals surface area (Å²) >= 11 is 0. The Labute approximate surface area is 166 Å². The summed E-state index contributed by atoms with van der Waals surface area (Å²) in [5, 5.41) is 0. The molecule has 2 aliphatic rings. The van der Waals surface area contributed by atoms with E-state index in [2.05, 4.69) is 17.0 Å². The molecule has 2 aliphatic heterocycles. The van der Waals surface area contributed by atoms with Gasteiger partial charge >= 0.3 is 0 Å². The number of carbonyl (C=O) groups is 3. The van der Waals surface area contributed by atoms with Crippen LogP contribution in [0.5, 0.6) is 0 Å². The highest BCUT2D eigenvalue weighted by Gasteiger charge is 2.43. The standard InChI is InChI=1S/C21H30N4O3/c1-17(26)22-9-13-24(14-10-22)19(27)21(2,3)20(28)25-15-11-23(12-16-25)18-7-5-4-6-8-18/h4-8H,9-16H2,1-3H3. The Morgan fingerprint density at radius 1 is 0.714 bits per heavy atom. The predicted molar refractivity (Wildman–Crippen MR) is 108 cm³/mol. The number of hydrogen-bond donors (Lipinski definition) is 0. The fourth-order valence-corrected chi connectivity index (χ4v) is 3.91. The van der Waals surface area contributed by atoms with Crippen LogP contribution < -0.4 is 4.90 Å². The first-order chi connectivity index (χ1) is 13.3. The van der Waals surface area contributed by atoms with Crippen molar-refractivity contribution >= 4 is 23.4 Å². The molecule has 28 heavy (non-hydrogen) atoms. The molecule has 0 atom stereocenters. The van der Waals surface area contributed by atoms with Crippen molar-refractivity contribution in [3.8, 4) is 0 Å². The molecule has 0 aliphatic carbocycles. The van der Waals surface area contributed by atoms with Crippen LogP contribution in [-0.4, -0.2) is 84.8 Å². The first-order valence-electron chi connectivity index (χ1n) is 9.95. The van der Waals surface area contributed by atoms with E-state index in [1.165, 1.54) is 0 Å². The van der Waals surface area contributed by atoms with Gasteiger partial charge in [-0.1, -0.05) is 18.2 Å². The molecule has 0 aromatic heterocycles. The molecule has 3 amide bonds. The van der Waals surface area contributed by atoms with Gasteiger partial charge in [0.1, 0.15) is 5.41 Å². The number of piperazine rings is 2. The lowest BCUT2D eigenvalue weighted by Gasteiger charge is -2.41. The molecule has 2 fully saturated rings. The molecule has 0 saturated carbocycles. The number of nitrogens with zero attached hydrogens (tertiary/aromatic N) is 4. The summed E-state index contributed by atoms with van der Waals surface area (Å²) < 4.78 is 0. The van der Waals surface area contributed by atoms with Gasteiger partial charge in [-0.15, -0.1) is 0 Å². The summed E-state index contributed by atoms with van der Waals surface area (Å²) in [5.41, 5.74) is 0.0705. The second kappa shape index (κ2) is 8.20. The van der Waals surface area contributed by atoms with Crippen LogP contribution >= 0.6 is 0 Å². The zero-order valence-electron chi connectivity index (χ0n) is 17.1. The first kappa shape index (κ1) is 20.2. The predicted octanol–water partition coefficient (Wildman–Crippen LogP) is 1.05. The minimum atomic E-state index is -1.09. The largest absolute Gasteiger partial charge is 0.368 e. The van der Waals surface area contributed by atoms with Crippen LogP contribution in [0.25, 0.3) is 0 Å². The number of carbonyl (C=O) groups excluding carboxylic acids is 3. The van der Waals surface area contributed by atoms with Crippen LogP contribution in [0.1, 0.15) is 20.8 Å². The van der Waals surface area contributed by atoms with Crippen molar-refractivity contribution in [2.45, 2.75) is 20.8 Å². The van der Waals surface area contributed by atoms with Crippen molar-refractivity contribution < 1.29 is 14.4 Å². The molecule has 0 unspecified atom stereocenters. The van der Waals surface area contributed by atoms with Crippen molar-refractivity contribution in [2.24, 2.45) is 5.41 Å². The third-order valence-electron chi connectivity index (χ3n) is 5.77. The highest BCUT2D eigenvalue weighted by Crippen LogP contribution is 2.25. The number of rotatable bonds is 3. The van der Waals surface area contributed by atoms with Crippen LogP contribution in [0.15, 0.2) is 30.3 Å². The van der Waals surface area contributed by atoms with E-state index in [0.717, 1.165) is 18.8 Å². The maximum Gasteiger partial charge on any atom is 0.237 e. The van der Waals surface area contributed by atoms with Crippen LogP contribution in [0, 0.1) is 5.41 Å². The molecule has 2 heterocycles. The molecule has 3 rings (SSSR count). The Hall–Kier alpha value is -2.57. The van der Waals surface area contributed by atoms with E-state index < -0.39 is 5.41 Å². The SMILES string of the molecule is CC(=O)N1CCN(C(=O)C(C)(C)C(=O)N2CCN(c3ccccc3)CC2)CC1. The summed E-state index contributed by atoms with van der Waals surface area (Å²) in [6, 6.07) is 10.2. The van der Waals surface area contributed by atoms with Gasteiger partial charge in [-0.3, -0.25) is 14.4 Å². The zero-order chi connectivity index (χ0) is 20.3. The summed E-state index contributed by atoms with van der Waals surface area (Å²) in [6.45, 7) is 9.76. The lowest BCUT2D eigenvalue weighted by molar-refractivity contribution is -0.156. The number of para-hydroxylation sites is 1. The smallest absolute Gasteiger partial charge is 0.237 e. The lowest BCUT2D eigenvalue weighted by atomic mass is 9.89. The number of hydrogen-bond acceptors (Lipinski definition) is 4. The van der Waals surface area contributed by atoms with E-state index >= 15 is 0 Å². The average molecular weight is 386 g/mol. The highest BCUT2D eigenvalue weighted by atomic mass is 16.2. The minimum Gasteiger partial charge on any atom is -0.368 e. The van der Waals surface area contributed by atoms with Gasteiger partial charge < -0.3 is 19.6 Å². The Morgan fingerprint density at radius 3 is 1.61 bits per heavy atom. The Morgan fingerprint density at radius 2 is 1.14 bits per heavy atom. The van der Waals surface area contributed by atoms with E-state index in [0.29, 0.717) is 39.3 Å². The fourth-order valence-electron chi connectivity index (χ4n) is 3.91. The third-order valence-corrected chi connectivity index (χ3v) is 5.77. The molecule has 0 bridgehead atoms.